The van der Waals surface area contributed by atoms with Gasteiger partial charge in [0.15, 0.2) is 0 Å². The molecule has 1 heterocycles. The monoisotopic (exact) mass is 259 g/mol. The maximum Gasteiger partial charge on any atom is 0.397 e. The van der Waals surface area contributed by atoms with Gasteiger partial charge >= 0.3 is 6.18 Å². The van der Waals surface area contributed by atoms with E-state index in [1.165, 1.54) is 19.2 Å². The van der Waals surface area contributed by atoms with Gasteiger partial charge in [-0.05, 0) is 5.56 Å². The van der Waals surface area contributed by atoms with Crippen LogP contribution in [0.25, 0.3) is 0 Å². The van der Waals surface area contributed by atoms with E-state index in [-0.39, 0.29) is 0 Å². The van der Waals surface area contributed by atoms with Crippen LogP contribution in [0.5, 0.6) is 0 Å². The van der Waals surface area contributed by atoms with E-state index in [1.807, 2.05) is 0 Å². The molecule has 1 aliphatic rings. The van der Waals surface area contributed by atoms with E-state index in [4.69, 9.17) is 0 Å². The van der Waals surface area contributed by atoms with Crippen LogP contribution in [0.1, 0.15) is 11.6 Å². The topological polar surface area (TPSA) is 40.5 Å². The van der Waals surface area contributed by atoms with E-state index in [0.29, 0.717) is 5.56 Å². The third kappa shape index (κ3) is 1.96. The minimum Gasteiger partial charge on any atom is -0.383 e. The number of alkyl halides is 3. The second-order valence-electron chi connectivity index (χ2n) is 4.32. The predicted molar refractivity (Wildman–Crippen MR) is 57.5 cm³/mol. The predicted octanol–water partition coefficient (Wildman–Crippen LogP) is 1.74. The van der Waals surface area contributed by atoms with E-state index in [9.17, 15) is 23.1 Å². The van der Waals surface area contributed by atoms with Crippen LogP contribution >= 0.6 is 0 Å². The van der Waals surface area contributed by atoms with E-state index < -0.39 is 30.1 Å². The van der Waals surface area contributed by atoms with Crippen LogP contribution in [0.15, 0.2) is 30.3 Å². The Morgan fingerprint density at radius 1 is 1.22 bits per heavy atom. The fourth-order valence-electron chi connectivity index (χ4n) is 2.35. The van der Waals surface area contributed by atoms with Gasteiger partial charge in [0.05, 0.1) is 6.04 Å². The summed E-state index contributed by atoms with van der Waals surface area (Å²) in [5.74, 6) is -2.98. The average molecular weight is 259 g/mol. The molecule has 2 rings (SSSR count). The lowest BCUT2D eigenvalue weighted by Gasteiger charge is -2.26. The minimum atomic E-state index is -4.62. The molecule has 18 heavy (non-hydrogen) atoms. The van der Waals surface area contributed by atoms with Crippen LogP contribution in [0.2, 0.25) is 0 Å². The number of rotatable bonds is 1. The van der Waals surface area contributed by atoms with Gasteiger partial charge in [-0.15, -0.1) is 0 Å². The van der Waals surface area contributed by atoms with Gasteiger partial charge in [-0.25, -0.2) is 0 Å². The first-order valence-corrected chi connectivity index (χ1v) is 5.40. The number of halogens is 3. The van der Waals surface area contributed by atoms with Crippen LogP contribution in [0.3, 0.4) is 0 Å². The first kappa shape index (κ1) is 12.9. The van der Waals surface area contributed by atoms with Crippen molar-refractivity contribution in [3.05, 3.63) is 35.9 Å². The van der Waals surface area contributed by atoms with Gasteiger partial charge in [0.25, 0.3) is 5.91 Å². The van der Waals surface area contributed by atoms with Crippen molar-refractivity contribution in [3.8, 4) is 0 Å². The first-order valence-electron chi connectivity index (χ1n) is 5.40. The lowest BCUT2D eigenvalue weighted by atomic mass is 9.91. The SMILES string of the molecule is CN1C(=O)C(O)C(C(F)(F)F)C1c1ccccc1. The third-order valence-electron chi connectivity index (χ3n) is 3.22. The number of aliphatic hydroxyl groups excluding tert-OH is 1. The van der Waals surface area contributed by atoms with Gasteiger partial charge in [0.1, 0.15) is 12.0 Å². The average Bonchev–Trinajstić information content (AvgIpc) is 2.54. The molecule has 0 radical (unpaired) electrons. The van der Waals surface area contributed by atoms with E-state index in [2.05, 4.69) is 0 Å². The number of likely N-dealkylation sites (tertiary alicyclic amines) is 1. The van der Waals surface area contributed by atoms with Gasteiger partial charge < -0.3 is 10.0 Å². The highest BCUT2D eigenvalue weighted by Crippen LogP contribution is 2.46. The summed E-state index contributed by atoms with van der Waals surface area (Å²) in [7, 11) is 1.27. The van der Waals surface area contributed by atoms with Crippen molar-refractivity contribution in [2.45, 2.75) is 18.3 Å². The maximum absolute atomic E-state index is 13.0. The molecule has 1 aromatic rings. The smallest absolute Gasteiger partial charge is 0.383 e. The highest BCUT2D eigenvalue weighted by Gasteiger charge is 2.58. The minimum absolute atomic E-state index is 0.368. The van der Waals surface area contributed by atoms with Crippen molar-refractivity contribution in [2.75, 3.05) is 7.05 Å². The van der Waals surface area contributed by atoms with Crippen molar-refractivity contribution in [2.24, 2.45) is 5.92 Å². The maximum atomic E-state index is 13.0. The molecule has 0 aliphatic carbocycles. The molecule has 3 atom stereocenters. The molecule has 1 amide bonds. The van der Waals surface area contributed by atoms with Gasteiger partial charge in [-0.2, -0.15) is 13.2 Å². The van der Waals surface area contributed by atoms with Crippen molar-refractivity contribution < 1.29 is 23.1 Å². The fourth-order valence-corrected chi connectivity index (χ4v) is 2.35. The molecule has 3 unspecified atom stereocenters. The van der Waals surface area contributed by atoms with Crippen molar-refractivity contribution in [1.29, 1.82) is 0 Å². The summed E-state index contributed by atoms with van der Waals surface area (Å²) in [6.07, 6.45) is -6.65. The summed E-state index contributed by atoms with van der Waals surface area (Å²) < 4.78 is 38.9. The molecule has 6 heteroatoms. The number of amides is 1. The molecule has 1 fully saturated rings. The zero-order valence-corrected chi connectivity index (χ0v) is 9.56. The molecule has 1 saturated heterocycles. The number of aliphatic hydroxyl groups is 1. The number of hydrogen-bond donors (Lipinski definition) is 1. The van der Waals surface area contributed by atoms with Crippen LogP contribution < -0.4 is 0 Å². The van der Waals surface area contributed by atoms with Crippen molar-refractivity contribution >= 4 is 5.91 Å². The standard InChI is InChI=1S/C12H12F3NO2/c1-16-9(7-5-3-2-4-6-7)8(12(13,14)15)10(17)11(16)18/h2-6,8-10,17H,1H3. The molecule has 0 bridgehead atoms. The van der Waals surface area contributed by atoms with E-state index in [1.54, 1.807) is 18.2 Å². The highest BCUT2D eigenvalue weighted by atomic mass is 19.4. The molecule has 98 valence electrons. The lowest BCUT2D eigenvalue weighted by molar-refractivity contribution is -0.199. The Labute approximate surface area is 102 Å². The Hall–Kier alpha value is -1.56. The molecule has 1 aromatic carbocycles. The normalized spacial score (nSPS) is 28.8. The Morgan fingerprint density at radius 3 is 2.28 bits per heavy atom. The Morgan fingerprint density at radius 2 is 1.78 bits per heavy atom. The van der Waals surface area contributed by atoms with Gasteiger partial charge in [0, 0.05) is 7.05 Å². The zero-order valence-electron chi connectivity index (χ0n) is 9.56. The Balaban J connectivity index is 2.46. The second-order valence-corrected chi connectivity index (χ2v) is 4.32. The van der Waals surface area contributed by atoms with Gasteiger partial charge in [-0.3, -0.25) is 4.79 Å². The zero-order chi connectivity index (χ0) is 13.5. The van der Waals surface area contributed by atoms with Crippen LogP contribution in [-0.4, -0.2) is 35.2 Å². The van der Waals surface area contributed by atoms with Crippen molar-refractivity contribution in [1.82, 2.24) is 4.90 Å². The van der Waals surface area contributed by atoms with E-state index >= 15 is 0 Å². The molecule has 0 aromatic heterocycles. The summed E-state index contributed by atoms with van der Waals surface area (Å²) in [4.78, 5) is 12.5. The quantitative estimate of drug-likeness (QED) is 0.834. The number of nitrogens with zero attached hydrogens (tertiary/aromatic N) is 1. The number of carbonyl (C=O) groups excluding carboxylic acids is 1. The molecule has 0 saturated carbocycles. The summed E-state index contributed by atoms with van der Waals surface area (Å²) in [5, 5.41) is 9.48. The molecular weight excluding hydrogens is 247 g/mol. The molecular formula is C12H12F3NO2. The summed E-state index contributed by atoms with van der Waals surface area (Å²) >= 11 is 0. The summed E-state index contributed by atoms with van der Waals surface area (Å²) in [6.45, 7) is 0. The van der Waals surface area contributed by atoms with Gasteiger partial charge in [-0.1, -0.05) is 30.3 Å². The van der Waals surface area contributed by atoms with E-state index in [0.717, 1.165) is 4.90 Å². The summed E-state index contributed by atoms with van der Waals surface area (Å²) in [5.41, 5.74) is 0.368. The molecule has 3 nitrogen and oxygen atoms in total. The highest BCUT2D eigenvalue weighted by molar-refractivity contribution is 5.84. The Kier molecular flexibility index (Phi) is 3.06. The van der Waals surface area contributed by atoms with Crippen LogP contribution in [0.4, 0.5) is 13.2 Å². The Bertz CT molecular complexity index is 446. The second kappa shape index (κ2) is 4.28. The first-order chi connectivity index (χ1) is 8.34. The van der Waals surface area contributed by atoms with Crippen LogP contribution in [0, 0.1) is 5.92 Å². The number of hydrogen-bond acceptors (Lipinski definition) is 2. The largest absolute Gasteiger partial charge is 0.397 e. The number of likely N-dealkylation sites (N-methyl/N-ethyl adjacent to an activating group) is 1. The molecule has 1 aliphatic heterocycles. The lowest BCUT2D eigenvalue weighted by Crippen LogP contribution is -2.35. The third-order valence-corrected chi connectivity index (χ3v) is 3.22. The van der Waals surface area contributed by atoms with Gasteiger partial charge in [0.2, 0.25) is 0 Å². The molecule has 1 N–H and O–H groups in total. The van der Waals surface area contributed by atoms with Crippen molar-refractivity contribution in [3.63, 3.8) is 0 Å². The number of carbonyl (C=O) groups is 1. The summed E-state index contributed by atoms with van der Waals surface area (Å²) in [6, 6.07) is 6.75. The number of benzene rings is 1. The fraction of sp³-hybridized carbons (Fsp3) is 0.417. The van der Waals surface area contributed by atoms with Crippen LogP contribution in [-0.2, 0) is 4.79 Å². The molecule has 0 spiro atoms.